The molecular formula is C17H25N3O. The number of amides is 1. The Labute approximate surface area is 127 Å². The van der Waals surface area contributed by atoms with Crippen molar-refractivity contribution in [1.29, 1.82) is 0 Å². The number of piperazine rings is 1. The predicted molar refractivity (Wildman–Crippen MR) is 85.5 cm³/mol. The highest BCUT2D eigenvalue weighted by Gasteiger charge is 2.22. The molecule has 0 aliphatic carbocycles. The van der Waals surface area contributed by atoms with E-state index in [0.717, 1.165) is 32.7 Å². The van der Waals surface area contributed by atoms with Gasteiger partial charge in [-0.3, -0.25) is 4.79 Å². The summed E-state index contributed by atoms with van der Waals surface area (Å²) >= 11 is 0. The van der Waals surface area contributed by atoms with Gasteiger partial charge in [0.15, 0.2) is 0 Å². The van der Waals surface area contributed by atoms with Gasteiger partial charge in [-0.25, -0.2) is 0 Å². The molecular weight excluding hydrogens is 262 g/mol. The number of rotatable bonds is 4. The summed E-state index contributed by atoms with van der Waals surface area (Å²) in [6.45, 7) is 6.89. The number of carbonyl (C=O) groups excluding carboxylic acids is 1. The first-order valence-corrected chi connectivity index (χ1v) is 8.13. The maximum atomic E-state index is 12.3. The number of carbonyl (C=O) groups is 1. The van der Waals surface area contributed by atoms with Gasteiger partial charge in [-0.15, -0.1) is 0 Å². The molecule has 0 atom stereocenters. The molecule has 0 unspecified atom stereocenters. The van der Waals surface area contributed by atoms with Crippen LogP contribution in [0.15, 0.2) is 30.3 Å². The summed E-state index contributed by atoms with van der Waals surface area (Å²) in [6, 6.07) is 10.5. The van der Waals surface area contributed by atoms with Crippen molar-refractivity contribution in [3.8, 4) is 0 Å². The molecule has 2 heterocycles. The zero-order valence-electron chi connectivity index (χ0n) is 12.7. The average molecular weight is 287 g/mol. The van der Waals surface area contributed by atoms with Gasteiger partial charge in [-0.1, -0.05) is 18.2 Å². The molecule has 0 bridgehead atoms. The topological polar surface area (TPSA) is 26.8 Å². The summed E-state index contributed by atoms with van der Waals surface area (Å²) in [6.07, 6.45) is 3.28. The highest BCUT2D eigenvalue weighted by Crippen LogP contribution is 2.16. The predicted octanol–water partition coefficient (Wildman–Crippen LogP) is 1.82. The minimum absolute atomic E-state index is 0.328. The Kier molecular flexibility index (Phi) is 4.76. The fourth-order valence-corrected chi connectivity index (χ4v) is 3.27. The van der Waals surface area contributed by atoms with E-state index in [0.29, 0.717) is 12.3 Å². The Morgan fingerprint density at radius 3 is 2.24 bits per heavy atom. The van der Waals surface area contributed by atoms with Crippen LogP contribution in [0.25, 0.3) is 0 Å². The highest BCUT2D eigenvalue weighted by atomic mass is 16.2. The lowest BCUT2D eigenvalue weighted by Gasteiger charge is -2.36. The van der Waals surface area contributed by atoms with Gasteiger partial charge in [-0.2, -0.15) is 0 Å². The maximum Gasteiger partial charge on any atom is 0.223 e. The van der Waals surface area contributed by atoms with Crippen LogP contribution in [0.2, 0.25) is 0 Å². The zero-order valence-corrected chi connectivity index (χ0v) is 12.7. The van der Waals surface area contributed by atoms with E-state index in [-0.39, 0.29) is 0 Å². The van der Waals surface area contributed by atoms with Gasteiger partial charge >= 0.3 is 0 Å². The van der Waals surface area contributed by atoms with Crippen molar-refractivity contribution in [2.75, 3.05) is 50.7 Å². The smallest absolute Gasteiger partial charge is 0.223 e. The summed E-state index contributed by atoms with van der Waals surface area (Å²) in [7, 11) is 0. The molecule has 2 saturated heterocycles. The van der Waals surface area contributed by atoms with Crippen LogP contribution in [0, 0.1) is 0 Å². The first kappa shape index (κ1) is 14.4. The summed E-state index contributed by atoms with van der Waals surface area (Å²) in [5.74, 6) is 0.328. The third-order valence-corrected chi connectivity index (χ3v) is 4.59. The zero-order chi connectivity index (χ0) is 14.5. The third-order valence-electron chi connectivity index (χ3n) is 4.59. The second-order valence-electron chi connectivity index (χ2n) is 6.00. The average Bonchev–Trinajstić information content (AvgIpc) is 3.07. The number of nitrogens with zero attached hydrogens (tertiary/aromatic N) is 3. The highest BCUT2D eigenvalue weighted by molar-refractivity contribution is 5.76. The van der Waals surface area contributed by atoms with Gasteiger partial charge < -0.3 is 14.7 Å². The van der Waals surface area contributed by atoms with Gasteiger partial charge in [0.2, 0.25) is 5.91 Å². The molecule has 2 aliphatic heterocycles. The van der Waals surface area contributed by atoms with E-state index in [2.05, 4.69) is 34.1 Å². The van der Waals surface area contributed by atoms with Gasteiger partial charge in [0.25, 0.3) is 0 Å². The Morgan fingerprint density at radius 1 is 0.905 bits per heavy atom. The van der Waals surface area contributed by atoms with Crippen LogP contribution in [-0.4, -0.2) is 61.5 Å². The van der Waals surface area contributed by atoms with E-state index in [1.165, 1.54) is 31.6 Å². The van der Waals surface area contributed by atoms with E-state index in [1.54, 1.807) is 0 Å². The molecule has 3 rings (SSSR count). The van der Waals surface area contributed by atoms with E-state index < -0.39 is 0 Å². The van der Waals surface area contributed by atoms with Crippen LogP contribution >= 0.6 is 0 Å². The van der Waals surface area contributed by atoms with Crippen LogP contribution in [0.1, 0.15) is 19.3 Å². The Hall–Kier alpha value is -1.55. The van der Waals surface area contributed by atoms with Crippen LogP contribution in [0.3, 0.4) is 0 Å². The second kappa shape index (κ2) is 6.94. The molecule has 114 valence electrons. The van der Waals surface area contributed by atoms with Crippen molar-refractivity contribution in [2.45, 2.75) is 19.3 Å². The normalized spacial score (nSPS) is 20.0. The third kappa shape index (κ3) is 3.76. The first-order chi connectivity index (χ1) is 10.3. The lowest BCUT2D eigenvalue weighted by molar-refractivity contribution is -0.131. The van der Waals surface area contributed by atoms with Crippen molar-refractivity contribution in [1.82, 2.24) is 9.80 Å². The monoisotopic (exact) mass is 287 g/mol. The largest absolute Gasteiger partial charge is 0.368 e. The van der Waals surface area contributed by atoms with Crippen LogP contribution < -0.4 is 4.90 Å². The summed E-state index contributed by atoms with van der Waals surface area (Å²) in [5.41, 5.74) is 1.27. The van der Waals surface area contributed by atoms with Crippen LogP contribution in [0.4, 0.5) is 5.69 Å². The summed E-state index contributed by atoms with van der Waals surface area (Å²) < 4.78 is 0. The van der Waals surface area contributed by atoms with E-state index in [1.807, 2.05) is 11.0 Å². The molecule has 0 spiro atoms. The Bertz CT molecular complexity index is 448. The molecule has 1 aromatic carbocycles. The molecule has 2 fully saturated rings. The molecule has 0 aromatic heterocycles. The van der Waals surface area contributed by atoms with Crippen molar-refractivity contribution < 1.29 is 4.79 Å². The lowest BCUT2D eigenvalue weighted by atomic mass is 10.2. The molecule has 0 saturated carbocycles. The van der Waals surface area contributed by atoms with Gasteiger partial charge in [0.1, 0.15) is 0 Å². The fourth-order valence-electron chi connectivity index (χ4n) is 3.27. The molecule has 1 aromatic rings. The Balaban J connectivity index is 1.43. The second-order valence-corrected chi connectivity index (χ2v) is 6.00. The lowest BCUT2D eigenvalue weighted by Crippen LogP contribution is -2.49. The standard InChI is InChI=1S/C17H25N3O/c21-17(8-11-18-9-4-5-10-18)20-14-12-19(13-15-20)16-6-2-1-3-7-16/h1-3,6-7H,4-5,8-15H2. The molecule has 2 aliphatic rings. The quantitative estimate of drug-likeness (QED) is 0.845. The van der Waals surface area contributed by atoms with Crippen LogP contribution in [-0.2, 0) is 4.79 Å². The molecule has 1 amide bonds. The molecule has 0 radical (unpaired) electrons. The number of para-hydroxylation sites is 1. The fraction of sp³-hybridized carbons (Fsp3) is 0.588. The van der Waals surface area contributed by atoms with E-state index in [4.69, 9.17) is 0 Å². The number of anilines is 1. The van der Waals surface area contributed by atoms with Crippen molar-refractivity contribution in [3.05, 3.63) is 30.3 Å². The van der Waals surface area contributed by atoms with E-state index in [9.17, 15) is 4.79 Å². The maximum absolute atomic E-state index is 12.3. The molecule has 4 nitrogen and oxygen atoms in total. The molecule has 21 heavy (non-hydrogen) atoms. The minimum atomic E-state index is 0.328. The summed E-state index contributed by atoms with van der Waals surface area (Å²) in [4.78, 5) is 19.1. The van der Waals surface area contributed by atoms with Gasteiger partial charge in [0, 0.05) is 44.8 Å². The number of hydrogen-bond acceptors (Lipinski definition) is 3. The summed E-state index contributed by atoms with van der Waals surface area (Å²) in [5, 5.41) is 0. The number of likely N-dealkylation sites (tertiary alicyclic amines) is 1. The van der Waals surface area contributed by atoms with Crippen LogP contribution in [0.5, 0.6) is 0 Å². The van der Waals surface area contributed by atoms with Crippen molar-refractivity contribution in [3.63, 3.8) is 0 Å². The van der Waals surface area contributed by atoms with Crippen molar-refractivity contribution in [2.24, 2.45) is 0 Å². The molecule has 0 N–H and O–H groups in total. The first-order valence-electron chi connectivity index (χ1n) is 8.13. The number of benzene rings is 1. The molecule has 4 heteroatoms. The van der Waals surface area contributed by atoms with Gasteiger partial charge in [0.05, 0.1) is 0 Å². The number of hydrogen-bond donors (Lipinski definition) is 0. The van der Waals surface area contributed by atoms with Crippen molar-refractivity contribution >= 4 is 11.6 Å². The minimum Gasteiger partial charge on any atom is -0.368 e. The van der Waals surface area contributed by atoms with Gasteiger partial charge in [-0.05, 0) is 38.1 Å². The van der Waals surface area contributed by atoms with E-state index >= 15 is 0 Å². The Morgan fingerprint density at radius 2 is 1.57 bits per heavy atom. The SMILES string of the molecule is O=C(CCN1CCCC1)N1CCN(c2ccccc2)CC1.